The third-order valence-electron chi connectivity index (χ3n) is 3.47. The highest BCUT2D eigenvalue weighted by Crippen LogP contribution is 2.24. The average molecular weight is 284 g/mol. The van der Waals surface area contributed by atoms with Crippen LogP contribution in [0.2, 0.25) is 0 Å². The highest BCUT2D eigenvalue weighted by atomic mass is 32.2. The molecular formula is C13H20N2O3S. The number of rotatable bonds is 5. The Hall–Kier alpha value is -0.950. The number of sulfonamides is 1. The van der Waals surface area contributed by atoms with Crippen molar-refractivity contribution in [1.82, 2.24) is 4.72 Å². The third-order valence-corrected chi connectivity index (χ3v) is 5.00. The molecular weight excluding hydrogens is 264 g/mol. The topological polar surface area (TPSA) is 81.4 Å². The quantitative estimate of drug-likeness (QED) is 0.850. The maximum atomic E-state index is 12.1. The Kier molecular flexibility index (Phi) is 4.25. The smallest absolute Gasteiger partial charge is 0.240 e. The van der Waals surface area contributed by atoms with Crippen molar-refractivity contribution in [2.75, 3.05) is 7.11 Å². The summed E-state index contributed by atoms with van der Waals surface area (Å²) in [6, 6.07) is 6.55. The average Bonchev–Trinajstić information content (AvgIpc) is 2.33. The molecule has 0 spiro atoms. The summed E-state index contributed by atoms with van der Waals surface area (Å²) < 4.78 is 32.1. The van der Waals surface area contributed by atoms with Crippen LogP contribution in [0.1, 0.15) is 31.4 Å². The summed E-state index contributed by atoms with van der Waals surface area (Å²) in [6.45, 7) is 1.86. The molecule has 1 aliphatic rings. The van der Waals surface area contributed by atoms with E-state index in [1.807, 2.05) is 6.92 Å². The van der Waals surface area contributed by atoms with E-state index in [9.17, 15) is 8.42 Å². The molecule has 1 aromatic rings. The number of nitrogens with one attached hydrogen (secondary N) is 1. The van der Waals surface area contributed by atoms with Gasteiger partial charge in [-0.3, -0.25) is 0 Å². The van der Waals surface area contributed by atoms with E-state index in [-0.39, 0.29) is 23.1 Å². The maximum absolute atomic E-state index is 12.1. The predicted molar refractivity (Wildman–Crippen MR) is 73.2 cm³/mol. The van der Waals surface area contributed by atoms with Gasteiger partial charge in [0.15, 0.2) is 0 Å². The van der Waals surface area contributed by atoms with Crippen LogP contribution < -0.4 is 10.5 Å². The molecule has 1 aromatic carbocycles. The van der Waals surface area contributed by atoms with Crippen LogP contribution in [0.3, 0.4) is 0 Å². The summed E-state index contributed by atoms with van der Waals surface area (Å²) in [4.78, 5) is 0.276. The van der Waals surface area contributed by atoms with Gasteiger partial charge in [-0.15, -0.1) is 0 Å². The third kappa shape index (κ3) is 3.33. The monoisotopic (exact) mass is 284 g/mol. The van der Waals surface area contributed by atoms with Gasteiger partial charge in [-0.25, -0.2) is 13.1 Å². The molecule has 1 saturated carbocycles. The van der Waals surface area contributed by atoms with Crippen molar-refractivity contribution in [2.45, 2.75) is 42.8 Å². The molecule has 0 radical (unpaired) electrons. The fourth-order valence-electron chi connectivity index (χ4n) is 2.09. The zero-order valence-electron chi connectivity index (χ0n) is 11.2. The minimum atomic E-state index is -3.44. The van der Waals surface area contributed by atoms with Crippen LogP contribution in [0.5, 0.6) is 0 Å². The Bertz CT molecular complexity index is 519. The first kappa shape index (κ1) is 14.5. The van der Waals surface area contributed by atoms with Crippen LogP contribution >= 0.6 is 0 Å². The maximum Gasteiger partial charge on any atom is 0.240 e. The van der Waals surface area contributed by atoms with Crippen LogP contribution in [0.25, 0.3) is 0 Å². The Morgan fingerprint density at radius 1 is 1.32 bits per heavy atom. The molecule has 0 aromatic heterocycles. The first-order valence-corrected chi connectivity index (χ1v) is 7.81. The van der Waals surface area contributed by atoms with Crippen molar-refractivity contribution < 1.29 is 13.2 Å². The van der Waals surface area contributed by atoms with Crippen molar-refractivity contribution in [2.24, 2.45) is 5.73 Å². The van der Waals surface area contributed by atoms with Crippen molar-refractivity contribution in [1.29, 1.82) is 0 Å². The summed E-state index contributed by atoms with van der Waals surface area (Å²) in [6.07, 6.45) is 1.63. The second kappa shape index (κ2) is 5.58. The molecule has 1 aliphatic carbocycles. The molecule has 106 valence electrons. The molecule has 3 N–H and O–H groups in total. The molecule has 5 nitrogen and oxygen atoms in total. The lowest BCUT2D eigenvalue weighted by atomic mass is 9.90. The van der Waals surface area contributed by atoms with Crippen LogP contribution in [0, 0.1) is 0 Å². The molecule has 6 heteroatoms. The van der Waals surface area contributed by atoms with Gasteiger partial charge in [0.1, 0.15) is 0 Å². The van der Waals surface area contributed by atoms with Crippen LogP contribution in [-0.4, -0.2) is 27.7 Å². The molecule has 2 rings (SSSR count). The number of hydrogen-bond acceptors (Lipinski definition) is 4. The molecule has 1 unspecified atom stereocenters. The Labute approximate surface area is 114 Å². The predicted octanol–water partition coefficient (Wildman–Crippen LogP) is 1.16. The van der Waals surface area contributed by atoms with Gasteiger partial charge in [0.2, 0.25) is 10.0 Å². The van der Waals surface area contributed by atoms with Gasteiger partial charge in [-0.2, -0.15) is 0 Å². The van der Waals surface area contributed by atoms with Gasteiger partial charge in [0.05, 0.1) is 11.0 Å². The number of methoxy groups -OCH3 is 1. The molecule has 19 heavy (non-hydrogen) atoms. The molecule has 0 bridgehead atoms. The molecule has 1 fully saturated rings. The lowest BCUT2D eigenvalue weighted by Gasteiger charge is -2.34. The lowest BCUT2D eigenvalue weighted by Crippen LogP contribution is -2.47. The van der Waals surface area contributed by atoms with Crippen molar-refractivity contribution in [3.8, 4) is 0 Å². The van der Waals surface area contributed by atoms with Gasteiger partial charge < -0.3 is 10.5 Å². The number of hydrogen-bond donors (Lipinski definition) is 2. The molecule has 0 aliphatic heterocycles. The fraction of sp³-hybridized carbons (Fsp3) is 0.538. The van der Waals surface area contributed by atoms with E-state index in [0.717, 1.165) is 18.4 Å². The van der Waals surface area contributed by atoms with Gasteiger partial charge >= 0.3 is 0 Å². The summed E-state index contributed by atoms with van der Waals surface area (Å²) in [5.74, 6) is 0. The minimum Gasteiger partial charge on any atom is -0.381 e. The zero-order valence-corrected chi connectivity index (χ0v) is 12.0. The van der Waals surface area contributed by atoms with Crippen molar-refractivity contribution >= 4 is 10.0 Å². The van der Waals surface area contributed by atoms with E-state index in [1.54, 1.807) is 31.4 Å². The number of benzene rings is 1. The van der Waals surface area contributed by atoms with Crippen molar-refractivity contribution in [3.05, 3.63) is 29.8 Å². The first-order chi connectivity index (χ1) is 8.92. The Morgan fingerprint density at radius 2 is 1.89 bits per heavy atom. The van der Waals surface area contributed by atoms with Gasteiger partial charge in [-0.05, 0) is 37.5 Å². The van der Waals surface area contributed by atoms with E-state index in [0.29, 0.717) is 0 Å². The SMILES string of the molecule is COC1CC(NS(=O)(=O)c2ccc(C(C)N)cc2)C1. The summed E-state index contributed by atoms with van der Waals surface area (Å²) in [5.41, 5.74) is 6.65. The Balaban J connectivity index is 2.03. The number of nitrogens with two attached hydrogens (primary N) is 1. The van der Waals surface area contributed by atoms with E-state index in [1.165, 1.54) is 0 Å². The minimum absolute atomic E-state index is 0.0249. The normalized spacial score (nSPS) is 24.8. The van der Waals surface area contributed by atoms with Gasteiger partial charge in [0, 0.05) is 19.2 Å². The van der Waals surface area contributed by atoms with Crippen LogP contribution in [0.15, 0.2) is 29.2 Å². The Morgan fingerprint density at radius 3 is 2.37 bits per heavy atom. The lowest BCUT2D eigenvalue weighted by molar-refractivity contribution is 0.0236. The number of ether oxygens (including phenoxy) is 1. The fourth-order valence-corrected chi connectivity index (χ4v) is 3.35. The second-order valence-electron chi connectivity index (χ2n) is 5.01. The molecule has 0 heterocycles. The van der Waals surface area contributed by atoms with E-state index < -0.39 is 10.0 Å². The van der Waals surface area contributed by atoms with Crippen LogP contribution in [-0.2, 0) is 14.8 Å². The molecule has 0 amide bonds. The van der Waals surface area contributed by atoms with Crippen molar-refractivity contribution in [3.63, 3.8) is 0 Å². The second-order valence-corrected chi connectivity index (χ2v) is 6.72. The summed E-state index contributed by atoms with van der Waals surface area (Å²) in [7, 11) is -1.80. The van der Waals surface area contributed by atoms with E-state index in [4.69, 9.17) is 10.5 Å². The zero-order chi connectivity index (χ0) is 14.0. The molecule has 0 saturated heterocycles. The van der Waals surface area contributed by atoms with Gasteiger partial charge in [0.25, 0.3) is 0 Å². The summed E-state index contributed by atoms with van der Waals surface area (Å²) >= 11 is 0. The summed E-state index contributed by atoms with van der Waals surface area (Å²) in [5, 5.41) is 0. The van der Waals surface area contributed by atoms with E-state index in [2.05, 4.69) is 4.72 Å². The highest BCUT2D eigenvalue weighted by molar-refractivity contribution is 7.89. The first-order valence-electron chi connectivity index (χ1n) is 6.33. The highest BCUT2D eigenvalue weighted by Gasteiger charge is 2.32. The largest absolute Gasteiger partial charge is 0.381 e. The standard InChI is InChI=1S/C13H20N2O3S/c1-9(14)10-3-5-13(6-4-10)19(16,17)15-11-7-12(8-11)18-2/h3-6,9,11-12,15H,7-8,14H2,1-2H3. The van der Waals surface area contributed by atoms with Gasteiger partial charge in [-0.1, -0.05) is 12.1 Å². The molecule has 1 atom stereocenters. The van der Waals surface area contributed by atoms with Crippen LogP contribution in [0.4, 0.5) is 0 Å². The van der Waals surface area contributed by atoms with E-state index >= 15 is 0 Å².